The molecule has 3 aromatic heterocycles. The minimum Gasteiger partial charge on any atom is -0.467 e. The highest BCUT2D eigenvalue weighted by atomic mass is 32.1. The quantitative estimate of drug-likeness (QED) is 0.648. The van der Waals surface area contributed by atoms with Crippen molar-refractivity contribution in [2.75, 3.05) is 0 Å². The Morgan fingerprint density at radius 3 is 2.80 bits per heavy atom. The summed E-state index contributed by atoms with van der Waals surface area (Å²) in [5.74, 6) is 1.05. The van der Waals surface area contributed by atoms with E-state index in [1.807, 2.05) is 43.0 Å². The molecule has 1 aliphatic rings. The Bertz CT molecular complexity index is 858. The third-order valence-electron chi connectivity index (χ3n) is 4.85. The number of furan rings is 1. The standard InChI is InChI=1S/C20H22N2O2S/c1-14-11-19(15(2)21(14)12-17-5-3-9-24-17)20(23)22(16-7-8-16)13-18-6-4-10-25-18/h3-6,9-11,16H,7-8,12-13H2,1-2H3. The fourth-order valence-electron chi connectivity index (χ4n) is 3.30. The number of amides is 1. The third-order valence-corrected chi connectivity index (χ3v) is 5.71. The van der Waals surface area contributed by atoms with Gasteiger partial charge in [-0.2, -0.15) is 0 Å². The minimum absolute atomic E-state index is 0.148. The molecule has 0 unspecified atom stereocenters. The number of rotatable bonds is 6. The molecule has 0 N–H and O–H groups in total. The number of nitrogens with zero attached hydrogens (tertiary/aromatic N) is 2. The first kappa shape index (κ1) is 16.2. The Morgan fingerprint density at radius 1 is 1.32 bits per heavy atom. The van der Waals surface area contributed by atoms with Gasteiger partial charge >= 0.3 is 0 Å². The maximum Gasteiger partial charge on any atom is 0.256 e. The Kier molecular flexibility index (Phi) is 4.25. The van der Waals surface area contributed by atoms with Crippen LogP contribution in [-0.4, -0.2) is 21.4 Å². The van der Waals surface area contributed by atoms with E-state index < -0.39 is 0 Å². The Hall–Kier alpha value is -2.27. The summed E-state index contributed by atoms with van der Waals surface area (Å²) >= 11 is 1.71. The van der Waals surface area contributed by atoms with Crippen molar-refractivity contribution >= 4 is 17.2 Å². The van der Waals surface area contributed by atoms with Crippen LogP contribution in [0.4, 0.5) is 0 Å². The van der Waals surface area contributed by atoms with Gasteiger partial charge in [0, 0.05) is 22.3 Å². The molecule has 5 heteroatoms. The van der Waals surface area contributed by atoms with Crippen LogP contribution < -0.4 is 0 Å². The third kappa shape index (κ3) is 3.29. The lowest BCUT2D eigenvalue weighted by molar-refractivity contribution is 0.0731. The highest BCUT2D eigenvalue weighted by molar-refractivity contribution is 7.09. The van der Waals surface area contributed by atoms with Gasteiger partial charge in [-0.1, -0.05) is 6.07 Å². The van der Waals surface area contributed by atoms with E-state index in [1.165, 1.54) is 4.88 Å². The SMILES string of the molecule is Cc1cc(C(=O)N(Cc2cccs2)C2CC2)c(C)n1Cc1ccco1. The van der Waals surface area contributed by atoms with Gasteiger partial charge in [0.2, 0.25) is 0 Å². The van der Waals surface area contributed by atoms with Gasteiger partial charge in [0.15, 0.2) is 0 Å². The lowest BCUT2D eigenvalue weighted by Gasteiger charge is -2.22. The number of carbonyl (C=O) groups excluding carboxylic acids is 1. The second-order valence-corrected chi connectivity index (χ2v) is 7.73. The largest absolute Gasteiger partial charge is 0.467 e. The Labute approximate surface area is 151 Å². The van der Waals surface area contributed by atoms with Crippen molar-refractivity contribution in [2.24, 2.45) is 0 Å². The monoisotopic (exact) mass is 354 g/mol. The zero-order valence-electron chi connectivity index (χ0n) is 14.6. The summed E-state index contributed by atoms with van der Waals surface area (Å²) < 4.78 is 7.62. The summed E-state index contributed by atoms with van der Waals surface area (Å²) in [7, 11) is 0. The predicted molar refractivity (Wildman–Crippen MR) is 98.9 cm³/mol. The van der Waals surface area contributed by atoms with Gasteiger partial charge < -0.3 is 13.9 Å². The van der Waals surface area contributed by atoms with Gasteiger partial charge in [-0.15, -0.1) is 11.3 Å². The van der Waals surface area contributed by atoms with Crippen LogP contribution in [0.25, 0.3) is 0 Å². The van der Waals surface area contributed by atoms with E-state index in [9.17, 15) is 4.79 Å². The number of hydrogen-bond acceptors (Lipinski definition) is 3. The second kappa shape index (κ2) is 6.56. The molecule has 0 aromatic carbocycles. The molecule has 130 valence electrons. The lowest BCUT2D eigenvalue weighted by atomic mass is 10.2. The van der Waals surface area contributed by atoms with Gasteiger partial charge in [0.1, 0.15) is 5.76 Å². The van der Waals surface area contributed by atoms with Crippen LogP contribution in [0.15, 0.2) is 46.4 Å². The van der Waals surface area contributed by atoms with Crippen LogP contribution in [0, 0.1) is 13.8 Å². The first-order valence-electron chi connectivity index (χ1n) is 8.66. The van der Waals surface area contributed by atoms with Crippen LogP contribution in [0.1, 0.15) is 45.2 Å². The molecule has 4 nitrogen and oxygen atoms in total. The lowest BCUT2D eigenvalue weighted by Crippen LogP contribution is -2.32. The molecule has 1 saturated carbocycles. The molecule has 3 heterocycles. The van der Waals surface area contributed by atoms with E-state index in [1.54, 1.807) is 17.6 Å². The smallest absolute Gasteiger partial charge is 0.256 e. The van der Waals surface area contributed by atoms with Crippen molar-refractivity contribution in [2.45, 2.75) is 45.8 Å². The molecule has 0 radical (unpaired) electrons. The molecule has 3 aromatic rings. The normalized spacial score (nSPS) is 14.0. The average molecular weight is 354 g/mol. The van der Waals surface area contributed by atoms with Gasteiger partial charge in [-0.3, -0.25) is 4.79 Å². The molecular weight excluding hydrogens is 332 g/mol. The topological polar surface area (TPSA) is 38.4 Å². The number of aromatic nitrogens is 1. The summed E-state index contributed by atoms with van der Waals surface area (Å²) in [5, 5.41) is 2.07. The van der Waals surface area contributed by atoms with Crippen LogP contribution in [0.3, 0.4) is 0 Å². The molecule has 0 spiro atoms. The van der Waals surface area contributed by atoms with Crippen LogP contribution in [-0.2, 0) is 13.1 Å². The van der Waals surface area contributed by atoms with E-state index >= 15 is 0 Å². The van der Waals surface area contributed by atoms with Crippen molar-refractivity contribution in [3.63, 3.8) is 0 Å². The van der Waals surface area contributed by atoms with Gasteiger partial charge in [-0.05, 0) is 56.3 Å². The summed E-state index contributed by atoms with van der Waals surface area (Å²) in [6.07, 6.45) is 3.91. The van der Waals surface area contributed by atoms with E-state index in [0.29, 0.717) is 19.1 Å². The molecule has 0 atom stereocenters. The van der Waals surface area contributed by atoms with Crippen LogP contribution >= 0.6 is 11.3 Å². The molecular formula is C20H22N2O2S. The highest BCUT2D eigenvalue weighted by Gasteiger charge is 2.34. The maximum absolute atomic E-state index is 13.2. The van der Waals surface area contributed by atoms with Crippen molar-refractivity contribution < 1.29 is 9.21 Å². The minimum atomic E-state index is 0.148. The molecule has 0 saturated heterocycles. The van der Waals surface area contributed by atoms with Crippen LogP contribution in [0.2, 0.25) is 0 Å². The summed E-state index contributed by atoms with van der Waals surface area (Å²) in [6.45, 7) is 5.45. The molecule has 0 bridgehead atoms. The molecule has 4 rings (SSSR count). The van der Waals surface area contributed by atoms with Crippen molar-refractivity contribution in [3.8, 4) is 0 Å². The number of carbonyl (C=O) groups is 1. The Balaban J connectivity index is 1.60. The van der Waals surface area contributed by atoms with Crippen molar-refractivity contribution in [3.05, 3.63) is 69.6 Å². The van der Waals surface area contributed by atoms with E-state index in [4.69, 9.17) is 4.42 Å². The highest BCUT2D eigenvalue weighted by Crippen LogP contribution is 2.31. The molecule has 0 aliphatic heterocycles. The summed E-state index contributed by atoms with van der Waals surface area (Å²) in [6, 6.07) is 10.4. The van der Waals surface area contributed by atoms with E-state index in [2.05, 4.69) is 16.0 Å². The number of thiophene rings is 1. The Morgan fingerprint density at radius 2 is 2.16 bits per heavy atom. The fourth-order valence-corrected chi connectivity index (χ4v) is 4.00. The summed E-state index contributed by atoms with van der Waals surface area (Å²) in [5.41, 5.74) is 2.91. The average Bonchev–Trinajstić information content (AvgIpc) is 3.00. The van der Waals surface area contributed by atoms with Crippen molar-refractivity contribution in [1.29, 1.82) is 0 Å². The van der Waals surface area contributed by atoms with Gasteiger partial charge in [-0.25, -0.2) is 0 Å². The molecule has 1 aliphatic carbocycles. The molecule has 1 amide bonds. The van der Waals surface area contributed by atoms with Gasteiger partial charge in [0.25, 0.3) is 5.91 Å². The number of hydrogen-bond donors (Lipinski definition) is 0. The summed E-state index contributed by atoms with van der Waals surface area (Å²) in [4.78, 5) is 16.5. The van der Waals surface area contributed by atoms with E-state index in [0.717, 1.165) is 35.6 Å². The zero-order valence-corrected chi connectivity index (χ0v) is 15.4. The predicted octanol–water partition coefficient (Wildman–Crippen LogP) is 4.61. The molecule has 25 heavy (non-hydrogen) atoms. The van der Waals surface area contributed by atoms with E-state index in [-0.39, 0.29) is 5.91 Å². The first-order chi connectivity index (χ1) is 12.1. The first-order valence-corrected chi connectivity index (χ1v) is 9.54. The zero-order chi connectivity index (χ0) is 17.4. The number of aryl methyl sites for hydroxylation is 1. The second-order valence-electron chi connectivity index (χ2n) is 6.69. The maximum atomic E-state index is 13.2. The van der Waals surface area contributed by atoms with Crippen molar-refractivity contribution in [1.82, 2.24) is 9.47 Å². The van der Waals surface area contributed by atoms with Gasteiger partial charge in [0.05, 0.1) is 24.9 Å². The molecule has 1 fully saturated rings. The van der Waals surface area contributed by atoms with Crippen LogP contribution in [0.5, 0.6) is 0 Å². The fraction of sp³-hybridized carbons (Fsp3) is 0.350.